The number of hydrogen-bond acceptors (Lipinski definition) is 9. The maximum Gasteiger partial charge on any atom is 0.127 e. The van der Waals surface area contributed by atoms with Crippen LogP contribution in [-0.4, -0.2) is 63.0 Å². The van der Waals surface area contributed by atoms with Crippen LogP contribution in [0.3, 0.4) is 0 Å². The Labute approximate surface area is 303 Å². The lowest BCUT2D eigenvalue weighted by atomic mass is 9.92. The molecule has 0 aliphatic heterocycles. The molecular formula is C42H58N2O7. The van der Waals surface area contributed by atoms with Crippen molar-refractivity contribution in [1.29, 1.82) is 0 Å². The van der Waals surface area contributed by atoms with Crippen LogP contribution in [0.25, 0.3) is 0 Å². The fourth-order valence-corrected chi connectivity index (χ4v) is 5.25. The van der Waals surface area contributed by atoms with Gasteiger partial charge in [-0.3, -0.25) is 0 Å². The van der Waals surface area contributed by atoms with Gasteiger partial charge in [0.15, 0.2) is 0 Å². The maximum absolute atomic E-state index is 10.3. The van der Waals surface area contributed by atoms with Crippen LogP contribution < -0.4 is 20.9 Å². The Morgan fingerprint density at radius 1 is 0.510 bits per heavy atom. The summed E-state index contributed by atoms with van der Waals surface area (Å²) < 4.78 is 11.7. The molecule has 1 atom stereocenters. The van der Waals surface area contributed by atoms with E-state index in [-0.39, 0.29) is 19.6 Å². The van der Waals surface area contributed by atoms with Crippen molar-refractivity contribution in [1.82, 2.24) is 0 Å². The van der Waals surface area contributed by atoms with E-state index in [2.05, 4.69) is 38.1 Å². The summed E-state index contributed by atoms with van der Waals surface area (Å²) in [6.07, 6.45) is 7.38. The summed E-state index contributed by atoms with van der Waals surface area (Å²) in [6, 6.07) is 31.2. The van der Waals surface area contributed by atoms with Gasteiger partial charge in [-0.25, -0.2) is 0 Å². The molecule has 0 amide bonds. The molecule has 0 aliphatic carbocycles. The third-order valence-corrected chi connectivity index (χ3v) is 8.92. The lowest BCUT2D eigenvalue weighted by Gasteiger charge is -2.27. The zero-order valence-electron chi connectivity index (χ0n) is 30.2. The first-order valence-electron chi connectivity index (χ1n) is 18.0. The average Bonchev–Trinajstić information content (AvgIpc) is 3.17. The molecule has 51 heavy (non-hydrogen) atoms. The van der Waals surface area contributed by atoms with Crippen LogP contribution in [0.5, 0.6) is 23.0 Å². The van der Waals surface area contributed by atoms with Gasteiger partial charge in [-0.1, -0.05) is 75.2 Å². The molecule has 4 aromatic carbocycles. The van der Waals surface area contributed by atoms with E-state index in [9.17, 15) is 25.5 Å². The number of aliphatic hydroxyl groups excluding tert-OH is 5. The molecule has 4 rings (SSSR count). The first kappa shape index (κ1) is 41.6. The van der Waals surface area contributed by atoms with Crippen LogP contribution in [-0.2, 0) is 19.3 Å². The third-order valence-electron chi connectivity index (χ3n) is 8.92. The van der Waals surface area contributed by atoms with Gasteiger partial charge < -0.3 is 46.5 Å². The fraction of sp³-hybridized carbons (Fsp3) is 0.429. The summed E-state index contributed by atoms with van der Waals surface area (Å²) in [6.45, 7) is 3.14. The molecule has 9 nitrogen and oxygen atoms in total. The summed E-state index contributed by atoms with van der Waals surface area (Å²) in [4.78, 5) is 0. The molecule has 4 aromatic rings. The molecule has 9 N–H and O–H groups in total. The van der Waals surface area contributed by atoms with Crippen LogP contribution in [0.15, 0.2) is 97.1 Å². The van der Waals surface area contributed by atoms with Gasteiger partial charge in [0.05, 0.1) is 43.6 Å². The summed E-state index contributed by atoms with van der Waals surface area (Å²) in [5, 5.41) is 47.2. The fourth-order valence-electron chi connectivity index (χ4n) is 5.25. The van der Waals surface area contributed by atoms with Crippen molar-refractivity contribution in [3.63, 3.8) is 0 Å². The van der Waals surface area contributed by atoms with Crippen molar-refractivity contribution in [2.75, 3.05) is 26.4 Å². The second-order valence-electron chi connectivity index (χ2n) is 13.5. The Morgan fingerprint density at radius 3 is 1.18 bits per heavy atom. The van der Waals surface area contributed by atoms with Crippen molar-refractivity contribution in [2.24, 2.45) is 11.5 Å². The molecular weight excluding hydrogens is 644 g/mol. The predicted molar refractivity (Wildman–Crippen MR) is 203 cm³/mol. The Morgan fingerprint density at radius 2 is 0.843 bits per heavy atom. The molecule has 0 saturated carbocycles. The van der Waals surface area contributed by atoms with Crippen molar-refractivity contribution >= 4 is 0 Å². The Hall–Kier alpha value is -3.80. The minimum atomic E-state index is -1.20. The number of unbranched alkanes of at least 4 members (excludes halogenated alkanes) is 2. The molecule has 0 fully saturated rings. The highest BCUT2D eigenvalue weighted by molar-refractivity contribution is 5.36. The number of aliphatic hydroxyl groups is 5. The molecule has 0 saturated heterocycles. The first-order valence-corrected chi connectivity index (χ1v) is 18.0. The normalized spacial score (nSPS) is 12.2. The Kier molecular flexibility index (Phi) is 17.6. The third kappa shape index (κ3) is 14.4. The zero-order chi connectivity index (χ0) is 37.1. The van der Waals surface area contributed by atoms with Gasteiger partial charge in [0.25, 0.3) is 0 Å². The minimum Gasteiger partial charge on any atom is -0.457 e. The van der Waals surface area contributed by atoms with E-state index in [0.717, 1.165) is 35.7 Å². The average molecular weight is 703 g/mol. The molecule has 0 aromatic heterocycles. The number of benzene rings is 4. The van der Waals surface area contributed by atoms with Crippen molar-refractivity contribution in [2.45, 2.75) is 88.8 Å². The molecule has 0 bridgehead atoms. The van der Waals surface area contributed by atoms with E-state index < -0.39 is 30.4 Å². The SMILES string of the molecule is CCCCc1ccc(Oc2ccc(C(O)CC(N)(CO)CO)cc2)cc1.CCCCc1ccc(Oc2ccc(CCC(N)(CO)CO)cc2)cc1. The van der Waals surface area contributed by atoms with E-state index in [1.54, 1.807) is 24.3 Å². The smallest absolute Gasteiger partial charge is 0.127 e. The minimum absolute atomic E-state index is 0.0689. The topological polar surface area (TPSA) is 172 Å². The second-order valence-corrected chi connectivity index (χ2v) is 13.5. The van der Waals surface area contributed by atoms with E-state index in [0.29, 0.717) is 24.2 Å². The highest BCUT2D eigenvalue weighted by Gasteiger charge is 2.27. The summed E-state index contributed by atoms with van der Waals surface area (Å²) in [5.41, 5.74) is 14.0. The summed E-state index contributed by atoms with van der Waals surface area (Å²) >= 11 is 0. The van der Waals surface area contributed by atoms with E-state index in [1.165, 1.54) is 36.8 Å². The molecule has 0 heterocycles. The van der Waals surface area contributed by atoms with Gasteiger partial charge in [0, 0.05) is 0 Å². The largest absolute Gasteiger partial charge is 0.457 e. The van der Waals surface area contributed by atoms with Crippen LogP contribution >= 0.6 is 0 Å². The quantitative estimate of drug-likeness (QED) is 0.0553. The second kappa shape index (κ2) is 21.5. The Bertz CT molecular complexity index is 1500. The standard InChI is InChI=1S/C21H29NO4.C21H29NO3/c1-2-3-4-16-5-9-18(10-6-16)26-19-11-7-17(8-12-19)20(25)13-21(22,14-23)15-24;1-2-3-4-17-5-9-19(10-6-17)25-20-11-7-18(8-12-20)13-14-21(22,15-23)16-24/h5-12,20,23-25H,2-4,13-15,22H2,1H3;5-12,23-24H,2-4,13-16,22H2,1H3. The van der Waals surface area contributed by atoms with Crippen LogP contribution in [0.1, 0.15) is 80.7 Å². The highest BCUT2D eigenvalue weighted by Crippen LogP contribution is 2.28. The Balaban J connectivity index is 0.000000276. The van der Waals surface area contributed by atoms with E-state index >= 15 is 0 Å². The molecule has 0 radical (unpaired) electrons. The lowest BCUT2D eigenvalue weighted by Crippen LogP contribution is -2.48. The number of ether oxygens (including phenoxy) is 2. The first-order chi connectivity index (χ1) is 24.6. The highest BCUT2D eigenvalue weighted by atomic mass is 16.5. The van der Waals surface area contributed by atoms with Gasteiger partial charge in [0.1, 0.15) is 23.0 Å². The van der Waals surface area contributed by atoms with Crippen LogP contribution in [0.2, 0.25) is 0 Å². The van der Waals surface area contributed by atoms with Gasteiger partial charge in [-0.2, -0.15) is 0 Å². The van der Waals surface area contributed by atoms with Crippen molar-refractivity contribution in [3.05, 3.63) is 119 Å². The lowest BCUT2D eigenvalue weighted by molar-refractivity contribution is 0.0618. The van der Waals surface area contributed by atoms with Crippen LogP contribution in [0, 0.1) is 0 Å². The number of hydrogen-bond donors (Lipinski definition) is 7. The molecule has 0 aliphatic rings. The number of nitrogens with two attached hydrogens (primary N) is 2. The van der Waals surface area contributed by atoms with Gasteiger partial charge in [-0.15, -0.1) is 0 Å². The molecule has 9 heteroatoms. The van der Waals surface area contributed by atoms with E-state index in [1.807, 2.05) is 48.5 Å². The predicted octanol–water partition coefficient (Wildman–Crippen LogP) is 6.36. The number of aryl methyl sites for hydroxylation is 3. The molecule has 278 valence electrons. The monoisotopic (exact) mass is 702 g/mol. The summed E-state index contributed by atoms with van der Waals surface area (Å²) in [5.74, 6) is 3.05. The number of rotatable bonds is 20. The van der Waals surface area contributed by atoms with E-state index in [4.69, 9.17) is 20.9 Å². The van der Waals surface area contributed by atoms with Gasteiger partial charge in [-0.05, 0) is 116 Å². The van der Waals surface area contributed by atoms with Crippen molar-refractivity contribution < 1.29 is 35.0 Å². The van der Waals surface area contributed by atoms with Crippen molar-refractivity contribution in [3.8, 4) is 23.0 Å². The maximum atomic E-state index is 10.3. The van der Waals surface area contributed by atoms with Crippen LogP contribution in [0.4, 0.5) is 0 Å². The van der Waals surface area contributed by atoms with Gasteiger partial charge >= 0.3 is 0 Å². The summed E-state index contributed by atoms with van der Waals surface area (Å²) in [7, 11) is 0. The molecule has 1 unspecified atom stereocenters. The zero-order valence-corrected chi connectivity index (χ0v) is 30.2. The van der Waals surface area contributed by atoms with Gasteiger partial charge in [0.2, 0.25) is 0 Å². The molecule has 0 spiro atoms.